The van der Waals surface area contributed by atoms with Crippen LogP contribution in [-0.4, -0.2) is 35.3 Å². The summed E-state index contributed by atoms with van der Waals surface area (Å²) in [5, 5.41) is 2.95. The van der Waals surface area contributed by atoms with E-state index in [4.69, 9.17) is 0 Å². The van der Waals surface area contributed by atoms with E-state index in [2.05, 4.69) is 5.32 Å². The molecule has 0 aliphatic carbocycles. The van der Waals surface area contributed by atoms with Crippen LogP contribution in [0.15, 0.2) is 30.3 Å². The fraction of sp³-hybridized carbons (Fsp3) is 0.556. The first-order chi connectivity index (χ1) is 10.5. The van der Waals surface area contributed by atoms with Gasteiger partial charge in [0.2, 0.25) is 11.8 Å². The largest absolute Gasteiger partial charge is 0.352 e. The van der Waals surface area contributed by atoms with Gasteiger partial charge in [0.15, 0.2) is 0 Å². The fourth-order valence-electron chi connectivity index (χ4n) is 2.24. The van der Waals surface area contributed by atoms with E-state index in [9.17, 15) is 9.59 Å². The molecule has 0 aromatic heterocycles. The van der Waals surface area contributed by atoms with Crippen molar-refractivity contribution in [1.82, 2.24) is 10.2 Å². The number of carbonyl (C=O) groups is 2. The quantitative estimate of drug-likeness (QED) is 0.803. The van der Waals surface area contributed by atoms with E-state index in [1.165, 1.54) is 5.56 Å². The van der Waals surface area contributed by atoms with Gasteiger partial charge in [-0.25, -0.2) is 0 Å². The second-order valence-corrected chi connectivity index (χ2v) is 5.67. The van der Waals surface area contributed by atoms with Crippen molar-refractivity contribution < 1.29 is 9.59 Å². The Kier molecular flexibility index (Phi) is 7.64. The van der Waals surface area contributed by atoms with Gasteiger partial charge in [-0.3, -0.25) is 9.59 Å². The lowest BCUT2D eigenvalue weighted by molar-refractivity contribution is -0.139. The van der Waals surface area contributed by atoms with Gasteiger partial charge < -0.3 is 10.2 Å². The third-order valence-electron chi connectivity index (χ3n) is 3.95. The van der Waals surface area contributed by atoms with Crippen molar-refractivity contribution >= 4 is 11.8 Å². The van der Waals surface area contributed by atoms with E-state index >= 15 is 0 Å². The predicted molar refractivity (Wildman–Crippen MR) is 89.5 cm³/mol. The zero-order valence-electron chi connectivity index (χ0n) is 14.1. The lowest BCUT2D eigenvalue weighted by Crippen LogP contribution is -2.50. The van der Waals surface area contributed by atoms with Crippen LogP contribution in [0.5, 0.6) is 0 Å². The first kappa shape index (κ1) is 18.2. The average molecular weight is 304 g/mol. The molecule has 1 aromatic rings. The Bertz CT molecular complexity index is 473. The lowest BCUT2D eigenvalue weighted by atomic mass is 10.1. The molecule has 4 heteroatoms. The number of nitrogens with zero attached hydrogens (tertiary/aromatic N) is 1. The van der Waals surface area contributed by atoms with Crippen LogP contribution >= 0.6 is 0 Å². The molecule has 4 nitrogen and oxygen atoms in total. The second kappa shape index (κ2) is 9.23. The Morgan fingerprint density at radius 1 is 1.14 bits per heavy atom. The van der Waals surface area contributed by atoms with Crippen LogP contribution in [0.3, 0.4) is 0 Å². The first-order valence-corrected chi connectivity index (χ1v) is 8.13. The minimum absolute atomic E-state index is 0.0164. The highest BCUT2D eigenvalue weighted by molar-refractivity contribution is 5.87. The summed E-state index contributed by atoms with van der Waals surface area (Å²) in [6.45, 7) is 8.19. The topological polar surface area (TPSA) is 49.4 Å². The zero-order valence-corrected chi connectivity index (χ0v) is 14.1. The van der Waals surface area contributed by atoms with Crippen molar-refractivity contribution in [2.75, 3.05) is 6.54 Å². The van der Waals surface area contributed by atoms with Crippen molar-refractivity contribution in [3.63, 3.8) is 0 Å². The number of hydrogen-bond donors (Lipinski definition) is 1. The van der Waals surface area contributed by atoms with Gasteiger partial charge >= 0.3 is 0 Å². The van der Waals surface area contributed by atoms with E-state index in [0.29, 0.717) is 13.0 Å². The highest BCUT2D eigenvalue weighted by Gasteiger charge is 2.25. The summed E-state index contributed by atoms with van der Waals surface area (Å²) in [5.41, 5.74) is 1.17. The summed E-state index contributed by atoms with van der Waals surface area (Å²) in [7, 11) is 0. The molecule has 0 saturated carbocycles. The van der Waals surface area contributed by atoms with Crippen LogP contribution in [0.25, 0.3) is 0 Å². The summed E-state index contributed by atoms with van der Waals surface area (Å²) in [5.74, 6) is -0.0630. The van der Waals surface area contributed by atoms with Gasteiger partial charge in [0.25, 0.3) is 0 Å². The lowest BCUT2D eigenvalue weighted by Gasteiger charge is -2.29. The first-order valence-electron chi connectivity index (χ1n) is 8.13. The molecular formula is C18H28N2O2. The molecule has 0 aliphatic rings. The predicted octanol–water partition coefficient (Wildman–Crippen LogP) is 2.77. The maximum atomic E-state index is 12.3. The number of benzene rings is 1. The number of hydrogen-bond acceptors (Lipinski definition) is 2. The number of carbonyl (C=O) groups excluding carboxylic acids is 2. The molecule has 2 amide bonds. The molecule has 0 heterocycles. The van der Waals surface area contributed by atoms with Crippen molar-refractivity contribution in [3.05, 3.63) is 35.9 Å². The van der Waals surface area contributed by atoms with Gasteiger partial charge in [0.05, 0.1) is 0 Å². The Labute approximate surface area is 133 Å². The molecule has 0 saturated heterocycles. The van der Waals surface area contributed by atoms with Gasteiger partial charge in [-0.15, -0.1) is 0 Å². The van der Waals surface area contributed by atoms with Crippen LogP contribution in [-0.2, 0) is 16.0 Å². The highest BCUT2D eigenvalue weighted by Crippen LogP contribution is 2.08. The van der Waals surface area contributed by atoms with E-state index in [1.54, 1.807) is 11.8 Å². The molecule has 22 heavy (non-hydrogen) atoms. The standard InChI is InChI=1S/C18H28N2O2/c1-5-14(3)19-18(22)15(4)20(17(21)6-2)13-12-16-10-8-7-9-11-16/h7-11,14-15H,5-6,12-13H2,1-4H3,(H,19,22)/t14-,15+/m1/s1. The monoisotopic (exact) mass is 304 g/mol. The Morgan fingerprint density at radius 2 is 1.77 bits per heavy atom. The third kappa shape index (κ3) is 5.51. The Hall–Kier alpha value is -1.84. The summed E-state index contributed by atoms with van der Waals surface area (Å²) in [6, 6.07) is 9.71. The number of amides is 2. The number of rotatable bonds is 8. The summed E-state index contributed by atoms with van der Waals surface area (Å²) in [4.78, 5) is 26.1. The molecule has 1 N–H and O–H groups in total. The molecule has 122 valence electrons. The Morgan fingerprint density at radius 3 is 2.32 bits per heavy atom. The number of nitrogens with one attached hydrogen (secondary N) is 1. The second-order valence-electron chi connectivity index (χ2n) is 5.67. The van der Waals surface area contributed by atoms with Gasteiger partial charge in [0, 0.05) is 19.0 Å². The molecule has 0 unspecified atom stereocenters. The molecule has 0 radical (unpaired) electrons. The van der Waals surface area contributed by atoms with E-state index in [-0.39, 0.29) is 17.9 Å². The van der Waals surface area contributed by atoms with Crippen molar-refractivity contribution in [2.45, 2.75) is 59.0 Å². The van der Waals surface area contributed by atoms with Crippen LogP contribution in [0, 0.1) is 0 Å². The minimum atomic E-state index is -0.440. The molecule has 2 atom stereocenters. The van der Waals surface area contributed by atoms with E-state index in [0.717, 1.165) is 12.8 Å². The van der Waals surface area contributed by atoms with Gasteiger partial charge in [-0.1, -0.05) is 44.2 Å². The summed E-state index contributed by atoms with van der Waals surface area (Å²) >= 11 is 0. The van der Waals surface area contributed by atoms with Gasteiger partial charge in [-0.05, 0) is 32.3 Å². The normalized spacial score (nSPS) is 13.3. The van der Waals surface area contributed by atoms with Gasteiger partial charge in [-0.2, -0.15) is 0 Å². The zero-order chi connectivity index (χ0) is 16.5. The SMILES string of the molecule is CCC(=O)N(CCc1ccccc1)[C@@H](C)C(=O)N[C@H](C)CC. The Balaban J connectivity index is 2.71. The molecule has 0 bridgehead atoms. The summed E-state index contributed by atoms with van der Waals surface area (Å²) < 4.78 is 0. The van der Waals surface area contributed by atoms with Crippen molar-refractivity contribution in [3.8, 4) is 0 Å². The average Bonchev–Trinajstić information content (AvgIpc) is 2.55. The van der Waals surface area contributed by atoms with E-state index < -0.39 is 6.04 Å². The molecule has 1 aromatic carbocycles. The van der Waals surface area contributed by atoms with Crippen LogP contribution in [0.4, 0.5) is 0 Å². The summed E-state index contributed by atoms with van der Waals surface area (Å²) in [6.07, 6.45) is 2.05. The molecule has 0 aliphatic heterocycles. The highest BCUT2D eigenvalue weighted by atomic mass is 16.2. The van der Waals surface area contributed by atoms with E-state index in [1.807, 2.05) is 51.1 Å². The van der Waals surface area contributed by atoms with Crippen molar-refractivity contribution in [2.24, 2.45) is 0 Å². The molecular weight excluding hydrogens is 276 g/mol. The van der Waals surface area contributed by atoms with Crippen LogP contribution in [0.1, 0.15) is 46.1 Å². The van der Waals surface area contributed by atoms with Crippen LogP contribution in [0.2, 0.25) is 0 Å². The van der Waals surface area contributed by atoms with Gasteiger partial charge in [0.1, 0.15) is 6.04 Å². The maximum absolute atomic E-state index is 12.3. The maximum Gasteiger partial charge on any atom is 0.242 e. The van der Waals surface area contributed by atoms with Crippen LogP contribution < -0.4 is 5.32 Å². The van der Waals surface area contributed by atoms with Crippen molar-refractivity contribution in [1.29, 1.82) is 0 Å². The molecule has 0 fully saturated rings. The smallest absolute Gasteiger partial charge is 0.242 e. The minimum Gasteiger partial charge on any atom is -0.352 e. The molecule has 1 rings (SSSR count). The third-order valence-corrected chi connectivity index (χ3v) is 3.95. The fourth-order valence-corrected chi connectivity index (χ4v) is 2.24. The molecule has 0 spiro atoms.